The summed E-state index contributed by atoms with van der Waals surface area (Å²) in [6, 6.07) is 12.4. The molecule has 4 heterocycles. The number of benzene rings is 2. The third kappa shape index (κ3) is 7.38. The van der Waals surface area contributed by atoms with Gasteiger partial charge in [0.25, 0.3) is 5.56 Å². The fourth-order valence-corrected chi connectivity index (χ4v) is 7.26. The predicted octanol–water partition coefficient (Wildman–Crippen LogP) is 2.96. The Kier molecular flexibility index (Phi) is 9.84. The first kappa shape index (κ1) is 33.9. The lowest BCUT2D eigenvalue weighted by atomic mass is 9.92. The molecule has 0 radical (unpaired) electrons. The maximum absolute atomic E-state index is 14.5. The first-order valence-corrected chi connectivity index (χ1v) is 17.2. The van der Waals surface area contributed by atoms with Crippen LogP contribution in [0.3, 0.4) is 0 Å². The minimum absolute atomic E-state index is 0.0653. The van der Waals surface area contributed by atoms with Gasteiger partial charge in [0.2, 0.25) is 23.6 Å². The molecule has 49 heavy (non-hydrogen) atoms. The van der Waals surface area contributed by atoms with Gasteiger partial charge in [-0.25, -0.2) is 4.68 Å². The van der Waals surface area contributed by atoms with E-state index in [4.69, 9.17) is 0 Å². The van der Waals surface area contributed by atoms with Crippen molar-refractivity contribution in [2.45, 2.75) is 90.5 Å². The van der Waals surface area contributed by atoms with E-state index < -0.39 is 24.0 Å². The molecule has 5 atom stereocenters. The molecule has 0 unspecified atom stereocenters. The zero-order chi connectivity index (χ0) is 34.8. The summed E-state index contributed by atoms with van der Waals surface area (Å²) >= 11 is 0. The van der Waals surface area contributed by atoms with Crippen molar-refractivity contribution in [1.82, 2.24) is 35.6 Å². The van der Waals surface area contributed by atoms with E-state index in [0.717, 1.165) is 33.0 Å². The largest absolute Gasteiger partial charge is 0.361 e. The summed E-state index contributed by atoms with van der Waals surface area (Å²) in [5.74, 6) is -1.12. The first-order valence-electron chi connectivity index (χ1n) is 17.2. The van der Waals surface area contributed by atoms with Gasteiger partial charge in [-0.05, 0) is 55.7 Å². The summed E-state index contributed by atoms with van der Waals surface area (Å²) in [6.45, 7) is 7.66. The number of fused-ring (bicyclic) bond motifs is 3. The molecular formula is C37H45N7O5. The quantitative estimate of drug-likeness (QED) is 0.248. The van der Waals surface area contributed by atoms with Gasteiger partial charge < -0.3 is 25.8 Å². The maximum Gasteiger partial charge on any atom is 0.275 e. The standard InChI is InChI=1S/C37H45N7O5/c1-21(2)29-14-13-22(3)15-33(45)40-31(16-24-18-38-30-12-8-7-10-27(24)30)37(49)43-19-25(17-32(43)35(47)41-29)39-34(46)20-44-36(48)28-11-6-5-9-26(28)23(4)42-44/h5-12,18,21-22,25,29,31-32,38H,13-17,19-20H2,1-4H3,(H,39,46)(H,40,45)(H,41,47)/t22-,25-,29+,31-,32+/m1/s1. The highest BCUT2D eigenvalue weighted by molar-refractivity contribution is 5.94. The number of carbonyl (C=O) groups is 4. The SMILES string of the molecule is Cc1nn(CC(=O)N[C@@H]2C[C@H]3C(=O)N[C@H](C(C)C)CC[C@@H](C)CC(=O)N[C@H](Cc4c[nH]c5ccccc45)C(=O)N3C2)c(=O)c2ccccc12. The maximum atomic E-state index is 14.5. The summed E-state index contributed by atoms with van der Waals surface area (Å²) in [7, 11) is 0. The molecule has 0 aliphatic carbocycles. The zero-order valence-electron chi connectivity index (χ0n) is 28.5. The number of rotatable bonds is 6. The van der Waals surface area contributed by atoms with Crippen LogP contribution in [0.5, 0.6) is 0 Å². The topological polar surface area (TPSA) is 158 Å². The van der Waals surface area contributed by atoms with Crippen molar-refractivity contribution in [1.29, 1.82) is 0 Å². The Morgan fingerprint density at radius 2 is 1.69 bits per heavy atom. The van der Waals surface area contributed by atoms with Crippen LogP contribution in [0, 0.1) is 18.8 Å². The Hall–Kier alpha value is -5.00. The Morgan fingerprint density at radius 3 is 2.45 bits per heavy atom. The van der Waals surface area contributed by atoms with Crippen molar-refractivity contribution in [2.24, 2.45) is 11.8 Å². The van der Waals surface area contributed by atoms with E-state index in [-0.39, 0.29) is 73.5 Å². The van der Waals surface area contributed by atoms with Gasteiger partial charge in [-0.2, -0.15) is 5.10 Å². The normalized spacial score (nSPS) is 23.8. The second-order valence-corrected chi connectivity index (χ2v) is 14.0. The highest BCUT2D eigenvalue weighted by Crippen LogP contribution is 2.25. The number of H-pyrrole nitrogens is 1. The molecule has 2 aliphatic heterocycles. The summed E-state index contributed by atoms with van der Waals surface area (Å²) in [6.07, 6.45) is 3.98. The molecule has 4 amide bonds. The van der Waals surface area contributed by atoms with Crippen LogP contribution in [0.25, 0.3) is 21.7 Å². The second-order valence-electron chi connectivity index (χ2n) is 14.0. The molecule has 2 aromatic heterocycles. The Labute approximate surface area is 285 Å². The molecule has 0 spiro atoms. The average molecular weight is 668 g/mol. The molecule has 4 N–H and O–H groups in total. The van der Waals surface area contributed by atoms with E-state index in [0.29, 0.717) is 17.5 Å². The van der Waals surface area contributed by atoms with Crippen LogP contribution < -0.4 is 21.5 Å². The molecule has 12 heteroatoms. The lowest BCUT2D eigenvalue weighted by Crippen LogP contribution is -2.55. The predicted molar refractivity (Wildman–Crippen MR) is 187 cm³/mol. The molecule has 2 saturated heterocycles. The van der Waals surface area contributed by atoms with E-state index >= 15 is 0 Å². The number of hydrogen-bond acceptors (Lipinski definition) is 6. The van der Waals surface area contributed by atoms with Gasteiger partial charge in [-0.3, -0.25) is 24.0 Å². The number of aryl methyl sites for hydroxylation is 1. The molecule has 0 bridgehead atoms. The Morgan fingerprint density at radius 1 is 0.980 bits per heavy atom. The number of nitrogens with zero attached hydrogens (tertiary/aromatic N) is 3. The van der Waals surface area contributed by atoms with Crippen LogP contribution in [0.1, 0.15) is 57.7 Å². The van der Waals surface area contributed by atoms with Crippen LogP contribution in [-0.4, -0.2) is 74.0 Å². The van der Waals surface area contributed by atoms with Gasteiger partial charge >= 0.3 is 0 Å². The van der Waals surface area contributed by atoms with Gasteiger partial charge in [0.1, 0.15) is 18.6 Å². The van der Waals surface area contributed by atoms with E-state index in [1.165, 1.54) is 4.90 Å². The van der Waals surface area contributed by atoms with Crippen LogP contribution in [0.2, 0.25) is 0 Å². The molecule has 2 fully saturated rings. The first-order chi connectivity index (χ1) is 23.5. The van der Waals surface area contributed by atoms with Crippen molar-refractivity contribution in [3.05, 3.63) is 76.3 Å². The molecule has 2 aliphatic rings. The van der Waals surface area contributed by atoms with Gasteiger partial charge in [0.05, 0.1) is 11.1 Å². The smallest absolute Gasteiger partial charge is 0.275 e. The number of aromatic amines is 1. The number of amides is 4. The molecule has 4 aromatic rings. The summed E-state index contributed by atoms with van der Waals surface area (Å²) in [4.78, 5) is 73.0. The van der Waals surface area contributed by atoms with E-state index in [9.17, 15) is 24.0 Å². The molecule has 258 valence electrons. The van der Waals surface area contributed by atoms with Crippen LogP contribution in [0.15, 0.2) is 59.5 Å². The van der Waals surface area contributed by atoms with Crippen molar-refractivity contribution >= 4 is 45.3 Å². The molecule has 6 rings (SSSR count). The van der Waals surface area contributed by atoms with Gasteiger partial charge in [-0.15, -0.1) is 0 Å². The highest BCUT2D eigenvalue weighted by Gasteiger charge is 2.43. The lowest BCUT2D eigenvalue weighted by Gasteiger charge is -2.30. The number of nitrogens with one attached hydrogen (secondary N) is 4. The molecular weight excluding hydrogens is 622 g/mol. The van der Waals surface area contributed by atoms with E-state index in [1.807, 2.05) is 63.4 Å². The summed E-state index contributed by atoms with van der Waals surface area (Å²) in [5, 5.41) is 15.7. The van der Waals surface area contributed by atoms with Crippen molar-refractivity contribution in [3.8, 4) is 0 Å². The van der Waals surface area contributed by atoms with E-state index in [2.05, 4.69) is 26.0 Å². The average Bonchev–Trinajstić information content (AvgIpc) is 3.68. The van der Waals surface area contributed by atoms with Crippen LogP contribution >= 0.6 is 0 Å². The van der Waals surface area contributed by atoms with E-state index in [1.54, 1.807) is 19.1 Å². The van der Waals surface area contributed by atoms with Crippen molar-refractivity contribution < 1.29 is 19.2 Å². The fraction of sp³-hybridized carbons (Fsp3) is 0.459. The minimum atomic E-state index is -0.923. The van der Waals surface area contributed by atoms with Gasteiger partial charge in [0, 0.05) is 54.0 Å². The number of hydrogen-bond donors (Lipinski definition) is 4. The number of aromatic nitrogens is 3. The van der Waals surface area contributed by atoms with Crippen molar-refractivity contribution in [3.63, 3.8) is 0 Å². The number of para-hydroxylation sites is 1. The fourth-order valence-electron chi connectivity index (χ4n) is 7.26. The summed E-state index contributed by atoms with van der Waals surface area (Å²) in [5.41, 5.74) is 2.05. The van der Waals surface area contributed by atoms with Crippen LogP contribution in [0.4, 0.5) is 0 Å². The number of carbonyl (C=O) groups excluding carboxylic acids is 4. The Balaban J connectivity index is 1.27. The van der Waals surface area contributed by atoms with Crippen molar-refractivity contribution in [2.75, 3.05) is 6.54 Å². The second kappa shape index (κ2) is 14.2. The van der Waals surface area contributed by atoms with Crippen LogP contribution in [-0.2, 0) is 32.1 Å². The molecule has 0 saturated carbocycles. The zero-order valence-corrected chi connectivity index (χ0v) is 28.5. The molecule has 2 aromatic carbocycles. The third-order valence-electron chi connectivity index (χ3n) is 9.97. The summed E-state index contributed by atoms with van der Waals surface area (Å²) < 4.78 is 1.15. The Bertz CT molecular complexity index is 1950. The third-order valence-corrected chi connectivity index (χ3v) is 9.97. The lowest BCUT2D eigenvalue weighted by molar-refractivity contribution is -0.141. The molecule has 12 nitrogen and oxygen atoms in total. The monoisotopic (exact) mass is 667 g/mol. The van der Waals surface area contributed by atoms with Gasteiger partial charge in [0.15, 0.2) is 0 Å². The van der Waals surface area contributed by atoms with Gasteiger partial charge in [-0.1, -0.05) is 57.2 Å². The minimum Gasteiger partial charge on any atom is -0.361 e. The highest BCUT2D eigenvalue weighted by atomic mass is 16.2.